The number of rotatable bonds is 11. The topological polar surface area (TPSA) is 164 Å². The van der Waals surface area contributed by atoms with E-state index in [2.05, 4.69) is 14.8 Å². The molecule has 0 spiro atoms. The molecule has 2 fully saturated rings. The molecule has 3 aliphatic rings. The molecule has 5 N–H and O–H groups in total. The summed E-state index contributed by atoms with van der Waals surface area (Å²) in [5.74, 6) is -6.94. The van der Waals surface area contributed by atoms with Gasteiger partial charge in [-0.15, -0.1) is 8.78 Å². The van der Waals surface area contributed by atoms with Gasteiger partial charge >= 0.3 is 24.4 Å². The van der Waals surface area contributed by atoms with E-state index < -0.39 is 78.6 Å². The predicted molar refractivity (Wildman–Crippen MR) is 151 cm³/mol. The van der Waals surface area contributed by atoms with Crippen molar-refractivity contribution in [1.29, 1.82) is 0 Å². The molecular formula is C30H31ClF5NO10. The van der Waals surface area contributed by atoms with Crippen LogP contribution in [-0.2, 0) is 19.1 Å². The van der Waals surface area contributed by atoms with Crippen LogP contribution in [0.1, 0.15) is 49.1 Å². The highest BCUT2D eigenvalue weighted by atomic mass is 35.5. The highest BCUT2D eigenvalue weighted by Gasteiger charge is 2.49. The van der Waals surface area contributed by atoms with Crippen LogP contribution >= 0.6 is 11.6 Å². The zero-order valence-corrected chi connectivity index (χ0v) is 25.3. The first kappa shape index (κ1) is 34.9. The lowest BCUT2D eigenvalue weighted by molar-refractivity contribution is -0.286. The average Bonchev–Trinajstić information content (AvgIpc) is 3.78. The van der Waals surface area contributed by atoms with Crippen molar-refractivity contribution in [2.75, 3.05) is 11.9 Å². The standard InChI is InChI=1S/C30H31ClF5NO10/c1-12(29(32,33)34)17(15-5-7-20-21(9-15)47-30(35,36)46-20)11-37-19-8-14(4-6-18(19)31)16(13-2-3-13)10-22(38)44-28-25(41)23(39)24(40)26(45-28)27(42)43/h4-9,12-13,16-17,23-26,28,37,39-41H,2-3,10-11H2,1H3,(H,42,43)/t12-,16+,17+,23+,24+,25-,26+,28?/m1/s1. The number of ether oxygens (including phenoxy) is 4. The van der Waals surface area contributed by atoms with Crippen LogP contribution in [0.2, 0.25) is 5.02 Å². The quantitative estimate of drug-likeness (QED) is 0.168. The first-order valence-electron chi connectivity index (χ1n) is 14.6. The molecule has 47 heavy (non-hydrogen) atoms. The number of benzene rings is 2. The zero-order chi connectivity index (χ0) is 34.4. The predicted octanol–water partition coefficient (Wildman–Crippen LogP) is 4.37. The molecule has 258 valence electrons. The van der Waals surface area contributed by atoms with Crippen LogP contribution in [0.25, 0.3) is 0 Å². The van der Waals surface area contributed by atoms with Gasteiger partial charge in [-0.05, 0) is 60.1 Å². The van der Waals surface area contributed by atoms with E-state index in [-0.39, 0.29) is 40.9 Å². The molecule has 0 aromatic heterocycles. The van der Waals surface area contributed by atoms with Crippen molar-refractivity contribution < 1.29 is 70.9 Å². The molecule has 0 amide bonds. The summed E-state index contributed by atoms with van der Waals surface area (Å²) in [5, 5.41) is 42.4. The SMILES string of the molecule is C[C@H]([C@H](CNc1cc([C@@H](CC(=O)OC2O[C@H](C(=O)O)[C@@H](O)[C@H](O)[C@H]2O)C2CC2)ccc1Cl)c1ccc2c(c1)OC(F)(F)O2)C(F)(F)F. The number of carboxylic acid groups (broad SMARTS) is 1. The van der Waals surface area contributed by atoms with Gasteiger partial charge in [0, 0.05) is 12.5 Å². The summed E-state index contributed by atoms with van der Waals surface area (Å²) >= 11 is 6.39. The number of hydrogen-bond acceptors (Lipinski definition) is 10. The Kier molecular flexibility index (Phi) is 9.81. The van der Waals surface area contributed by atoms with Crippen molar-refractivity contribution in [2.45, 2.75) is 81.2 Å². The minimum absolute atomic E-state index is 0.0118. The molecule has 2 aromatic rings. The van der Waals surface area contributed by atoms with Gasteiger partial charge in [0.1, 0.15) is 18.3 Å². The van der Waals surface area contributed by atoms with E-state index in [9.17, 15) is 52.0 Å². The highest BCUT2D eigenvalue weighted by Crippen LogP contribution is 2.47. The van der Waals surface area contributed by atoms with E-state index in [1.807, 2.05) is 0 Å². The molecule has 5 rings (SSSR count). The van der Waals surface area contributed by atoms with Crippen molar-refractivity contribution in [1.82, 2.24) is 0 Å². The van der Waals surface area contributed by atoms with E-state index in [4.69, 9.17) is 21.1 Å². The lowest BCUT2D eigenvalue weighted by atomic mass is 9.86. The van der Waals surface area contributed by atoms with E-state index in [0.29, 0.717) is 5.56 Å². The van der Waals surface area contributed by atoms with E-state index >= 15 is 0 Å². The van der Waals surface area contributed by atoms with Crippen molar-refractivity contribution >= 4 is 29.2 Å². The molecule has 0 radical (unpaired) electrons. The average molecular weight is 696 g/mol. The molecule has 2 heterocycles. The Bertz CT molecular complexity index is 1490. The second-order valence-corrected chi connectivity index (χ2v) is 12.2. The van der Waals surface area contributed by atoms with Crippen LogP contribution in [-0.4, -0.2) is 82.1 Å². The Morgan fingerprint density at radius 2 is 1.68 bits per heavy atom. The van der Waals surface area contributed by atoms with Crippen LogP contribution in [0, 0.1) is 11.8 Å². The Morgan fingerprint density at radius 1 is 1.02 bits per heavy atom. The van der Waals surface area contributed by atoms with E-state index in [1.54, 1.807) is 12.1 Å². The van der Waals surface area contributed by atoms with Gasteiger partial charge in [-0.25, -0.2) is 4.79 Å². The lowest BCUT2D eigenvalue weighted by Gasteiger charge is -2.38. The minimum Gasteiger partial charge on any atom is -0.479 e. The number of aliphatic hydroxyl groups excluding tert-OH is 3. The van der Waals surface area contributed by atoms with Gasteiger partial charge in [0.15, 0.2) is 17.6 Å². The zero-order valence-electron chi connectivity index (χ0n) is 24.5. The third kappa shape index (κ3) is 7.83. The summed E-state index contributed by atoms with van der Waals surface area (Å²) in [6.45, 7) is 0.634. The number of carbonyl (C=O) groups excluding carboxylic acids is 1. The fourth-order valence-corrected chi connectivity index (χ4v) is 5.88. The fraction of sp³-hybridized carbons (Fsp3) is 0.533. The smallest absolute Gasteiger partial charge is 0.479 e. The van der Waals surface area contributed by atoms with E-state index in [1.165, 1.54) is 12.1 Å². The maximum absolute atomic E-state index is 13.9. The second-order valence-electron chi connectivity index (χ2n) is 11.8. The molecule has 1 saturated heterocycles. The minimum atomic E-state index is -4.65. The number of carbonyl (C=O) groups is 2. The van der Waals surface area contributed by atoms with Crippen molar-refractivity contribution in [3.8, 4) is 11.5 Å². The number of aliphatic hydroxyl groups is 3. The van der Waals surface area contributed by atoms with Crippen molar-refractivity contribution in [2.24, 2.45) is 11.8 Å². The monoisotopic (exact) mass is 695 g/mol. The number of anilines is 1. The van der Waals surface area contributed by atoms with Crippen molar-refractivity contribution in [3.05, 3.63) is 52.5 Å². The molecule has 2 aromatic carbocycles. The number of esters is 1. The summed E-state index contributed by atoms with van der Waals surface area (Å²) in [4.78, 5) is 24.3. The third-order valence-electron chi connectivity index (χ3n) is 8.54. The maximum Gasteiger partial charge on any atom is 0.586 e. The molecule has 17 heteroatoms. The van der Waals surface area contributed by atoms with Crippen LogP contribution in [0.5, 0.6) is 11.5 Å². The van der Waals surface area contributed by atoms with Crippen LogP contribution in [0.4, 0.5) is 27.6 Å². The largest absolute Gasteiger partial charge is 0.586 e. The Hall–Kier alpha value is -3.44. The number of fused-ring (bicyclic) bond motifs is 1. The number of carboxylic acids is 1. The summed E-state index contributed by atoms with van der Waals surface area (Å²) in [7, 11) is 0. The van der Waals surface area contributed by atoms with Crippen molar-refractivity contribution in [3.63, 3.8) is 0 Å². The molecule has 0 bridgehead atoms. The third-order valence-corrected chi connectivity index (χ3v) is 8.87. The normalized spacial score (nSPS) is 27.1. The van der Waals surface area contributed by atoms with E-state index in [0.717, 1.165) is 31.9 Å². The Labute approximate surface area is 269 Å². The van der Waals surface area contributed by atoms with Gasteiger partial charge < -0.3 is 44.7 Å². The fourth-order valence-electron chi connectivity index (χ4n) is 5.70. The Balaban J connectivity index is 1.32. The summed E-state index contributed by atoms with van der Waals surface area (Å²) in [5.41, 5.74) is 0.872. The number of hydrogen-bond donors (Lipinski definition) is 5. The molecule has 8 atom stereocenters. The number of nitrogens with one attached hydrogen (secondary N) is 1. The van der Waals surface area contributed by atoms with Gasteiger partial charge in [0.05, 0.1) is 23.0 Å². The van der Waals surface area contributed by atoms with Gasteiger partial charge in [-0.3, -0.25) is 4.79 Å². The first-order valence-corrected chi connectivity index (χ1v) is 14.9. The number of aliphatic carboxylic acids is 1. The molecule has 1 saturated carbocycles. The molecular weight excluding hydrogens is 665 g/mol. The maximum atomic E-state index is 13.9. The van der Waals surface area contributed by atoms with Gasteiger partial charge in [0.25, 0.3) is 0 Å². The summed E-state index contributed by atoms with van der Waals surface area (Å²) in [6.07, 6.45) is -17.1. The lowest BCUT2D eigenvalue weighted by Crippen LogP contribution is -2.60. The van der Waals surface area contributed by atoms with Gasteiger partial charge in [0.2, 0.25) is 6.29 Å². The molecule has 1 aliphatic carbocycles. The Morgan fingerprint density at radius 3 is 2.32 bits per heavy atom. The number of alkyl halides is 5. The molecule has 1 unspecified atom stereocenters. The highest BCUT2D eigenvalue weighted by molar-refractivity contribution is 6.33. The van der Waals surface area contributed by atoms with Gasteiger partial charge in [-0.1, -0.05) is 30.7 Å². The van der Waals surface area contributed by atoms with Crippen LogP contribution < -0.4 is 14.8 Å². The second kappa shape index (κ2) is 13.2. The number of halogens is 6. The first-order chi connectivity index (χ1) is 21.9. The van der Waals surface area contributed by atoms with Crippen LogP contribution in [0.3, 0.4) is 0 Å². The van der Waals surface area contributed by atoms with Crippen LogP contribution in [0.15, 0.2) is 36.4 Å². The molecule has 2 aliphatic heterocycles. The van der Waals surface area contributed by atoms with Gasteiger partial charge in [-0.2, -0.15) is 13.2 Å². The molecule has 11 nitrogen and oxygen atoms in total. The summed E-state index contributed by atoms with van der Waals surface area (Å²) < 4.78 is 87.8. The summed E-state index contributed by atoms with van der Waals surface area (Å²) in [6, 6.07) is 8.12.